The largest absolute Gasteiger partial charge is 0.0709 e. The van der Waals surface area contributed by atoms with E-state index in [1.807, 2.05) is 0 Å². The Morgan fingerprint density at radius 2 is 2.38 bits per heavy atom. The Bertz CT molecular complexity index is 137. The van der Waals surface area contributed by atoms with E-state index >= 15 is 0 Å². The lowest BCUT2D eigenvalue weighted by molar-refractivity contribution is 0.688. The fourth-order valence-electron chi connectivity index (χ4n) is 1.78. The maximum atomic E-state index is 3.56. The van der Waals surface area contributed by atoms with Gasteiger partial charge in [-0.3, -0.25) is 0 Å². The van der Waals surface area contributed by atoms with Crippen LogP contribution in [0, 0.1) is 11.8 Å². The van der Waals surface area contributed by atoms with Crippen LogP contribution >= 0.6 is 15.9 Å². The number of hydrogen-bond acceptors (Lipinski definition) is 0. The minimum Gasteiger partial charge on any atom is -0.0709 e. The first kappa shape index (κ1) is 5.04. The van der Waals surface area contributed by atoms with Crippen molar-refractivity contribution in [3.8, 4) is 0 Å². The SMILES string of the molecule is BrC1=CC2CCC1C2. The second kappa shape index (κ2) is 1.60. The minimum atomic E-state index is 0.917. The van der Waals surface area contributed by atoms with Gasteiger partial charge in [0.25, 0.3) is 0 Å². The van der Waals surface area contributed by atoms with Crippen molar-refractivity contribution in [3.63, 3.8) is 0 Å². The molecule has 1 heteroatoms. The van der Waals surface area contributed by atoms with E-state index in [1.54, 1.807) is 0 Å². The van der Waals surface area contributed by atoms with Gasteiger partial charge in [0.05, 0.1) is 0 Å². The molecule has 0 amide bonds. The summed E-state index contributed by atoms with van der Waals surface area (Å²) in [5.74, 6) is 1.86. The van der Waals surface area contributed by atoms with E-state index in [0.717, 1.165) is 11.8 Å². The molecule has 1 saturated carbocycles. The highest BCUT2D eigenvalue weighted by molar-refractivity contribution is 9.11. The average molecular weight is 173 g/mol. The van der Waals surface area contributed by atoms with Crippen LogP contribution in [0.3, 0.4) is 0 Å². The number of fused-ring (bicyclic) bond motifs is 2. The molecule has 2 rings (SSSR count). The Labute approximate surface area is 58.1 Å². The first-order valence-electron chi connectivity index (χ1n) is 3.23. The van der Waals surface area contributed by atoms with E-state index in [-0.39, 0.29) is 0 Å². The van der Waals surface area contributed by atoms with Crippen molar-refractivity contribution in [2.75, 3.05) is 0 Å². The third kappa shape index (κ3) is 0.572. The molecule has 0 N–H and O–H groups in total. The zero-order chi connectivity index (χ0) is 5.56. The Hall–Kier alpha value is 0.220. The average Bonchev–Trinajstić information content (AvgIpc) is 2.23. The summed E-state index contributed by atoms with van der Waals surface area (Å²) in [7, 11) is 0. The van der Waals surface area contributed by atoms with Gasteiger partial charge in [0.1, 0.15) is 0 Å². The molecule has 44 valence electrons. The molecule has 0 radical (unpaired) electrons. The van der Waals surface area contributed by atoms with E-state index < -0.39 is 0 Å². The first-order chi connectivity index (χ1) is 3.86. The smallest absolute Gasteiger partial charge is 0.00552 e. The third-order valence-corrected chi connectivity index (χ3v) is 3.17. The monoisotopic (exact) mass is 172 g/mol. The summed E-state index contributed by atoms with van der Waals surface area (Å²) in [5, 5.41) is 0. The van der Waals surface area contributed by atoms with E-state index in [4.69, 9.17) is 0 Å². The Balaban J connectivity index is 2.29. The maximum absolute atomic E-state index is 3.56. The Morgan fingerprint density at radius 1 is 1.50 bits per heavy atom. The number of allylic oxidation sites excluding steroid dienone is 2. The van der Waals surface area contributed by atoms with Crippen LogP contribution in [-0.2, 0) is 0 Å². The minimum absolute atomic E-state index is 0.917. The van der Waals surface area contributed by atoms with Crippen LogP contribution in [0.2, 0.25) is 0 Å². The van der Waals surface area contributed by atoms with Crippen LogP contribution < -0.4 is 0 Å². The van der Waals surface area contributed by atoms with Gasteiger partial charge in [-0.25, -0.2) is 0 Å². The van der Waals surface area contributed by atoms with Crippen molar-refractivity contribution >= 4 is 15.9 Å². The van der Waals surface area contributed by atoms with Gasteiger partial charge in [-0.2, -0.15) is 0 Å². The van der Waals surface area contributed by atoms with E-state index in [2.05, 4.69) is 22.0 Å². The summed E-state index contributed by atoms with van der Waals surface area (Å²) in [6, 6.07) is 0. The van der Waals surface area contributed by atoms with E-state index in [0.29, 0.717) is 0 Å². The molecular weight excluding hydrogens is 164 g/mol. The summed E-state index contributed by atoms with van der Waals surface area (Å²) in [6.45, 7) is 0. The topological polar surface area (TPSA) is 0 Å². The summed E-state index contributed by atoms with van der Waals surface area (Å²) in [4.78, 5) is 0. The molecule has 0 saturated heterocycles. The second-order valence-electron chi connectivity index (χ2n) is 2.82. The van der Waals surface area contributed by atoms with Crippen molar-refractivity contribution in [2.45, 2.75) is 19.3 Å². The summed E-state index contributed by atoms with van der Waals surface area (Å²) >= 11 is 3.56. The molecule has 0 spiro atoms. The van der Waals surface area contributed by atoms with Gasteiger partial charge >= 0.3 is 0 Å². The second-order valence-corrected chi connectivity index (χ2v) is 3.74. The number of rotatable bonds is 0. The van der Waals surface area contributed by atoms with Crippen molar-refractivity contribution < 1.29 is 0 Å². The molecule has 0 aliphatic heterocycles. The number of halogens is 1. The fourth-order valence-corrected chi connectivity index (χ4v) is 2.57. The predicted octanol–water partition coefficient (Wildman–Crippen LogP) is 2.70. The molecule has 2 unspecified atom stereocenters. The third-order valence-electron chi connectivity index (χ3n) is 2.26. The van der Waals surface area contributed by atoms with Gasteiger partial charge in [-0.15, -0.1) is 0 Å². The lowest BCUT2D eigenvalue weighted by atomic mass is 10.1. The zero-order valence-corrected chi connectivity index (χ0v) is 6.32. The van der Waals surface area contributed by atoms with Crippen molar-refractivity contribution in [1.82, 2.24) is 0 Å². The molecule has 2 aliphatic carbocycles. The van der Waals surface area contributed by atoms with Crippen molar-refractivity contribution in [1.29, 1.82) is 0 Å². The van der Waals surface area contributed by atoms with Gasteiger partial charge in [0, 0.05) is 0 Å². The van der Waals surface area contributed by atoms with Crippen LogP contribution in [0.1, 0.15) is 19.3 Å². The van der Waals surface area contributed by atoms with Crippen molar-refractivity contribution in [2.24, 2.45) is 11.8 Å². The van der Waals surface area contributed by atoms with Gasteiger partial charge < -0.3 is 0 Å². The first-order valence-corrected chi connectivity index (χ1v) is 4.03. The summed E-state index contributed by atoms with van der Waals surface area (Å²) in [5.41, 5.74) is 0. The van der Waals surface area contributed by atoms with Crippen LogP contribution in [0.25, 0.3) is 0 Å². The molecule has 2 bridgehead atoms. The Kier molecular flexibility index (Phi) is 1.01. The van der Waals surface area contributed by atoms with E-state index in [9.17, 15) is 0 Å². The quantitative estimate of drug-likeness (QED) is 0.528. The molecule has 0 aromatic rings. The summed E-state index contributed by atoms with van der Waals surface area (Å²) < 4.78 is 1.48. The molecule has 2 aliphatic rings. The molecule has 0 nitrogen and oxygen atoms in total. The molecule has 1 fully saturated rings. The van der Waals surface area contributed by atoms with Crippen molar-refractivity contribution in [3.05, 3.63) is 10.6 Å². The van der Waals surface area contributed by atoms with Crippen LogP contribution in [0.5, 0.6) is 0 Å². The molecule has 0 aromatic carbocycles. The van der Waals surface area contributed by atoms with Crippen LogP contribution in [0.4, 0.5) is 0 Å². The number of hydrogen-bond donors (Lipinski definition) is 0. The molecule has 2 atom stereocenters. The molecule has 0 aromatic heterocycles. The lowest BCUT2D eigenvalue weighted by Crippen LogP contribution is -1.88. The zero-order valence-electron chi connectivity index (χ0n) is 4.73. The highest BCUT2D eigenvalue weighted by Gasteiger charge is 2.30. The van der Waals surface area contributed by atoms with Gasteiger partial charge in [0.2, 0.25) is 0 Å². The summed E-state index contributed by atoms with van der Waals surface area (Å²) in [6.07, 6.45) is 6.69. The molecular formula is C7H9Br. The standard InChI is InChI=1S/C7H9Br/c8-7-4-5-1-2-6(7)3-5/h4-6H,1-3H2. The highest BCUT2D eigenvalue weighted by atomic mass is 79.9. The van der Waals surface area contributed by atoms with E-state index in [1.165, 1.54) is 23.7 Å². The van der Waals surface area contributed by atoms with Crippen LogP contribution in [0.15, 0.2) is 10.6 Å². The highest BCUT2D eigenvalue weighted by Crippen LogP contribution is 2.45. The predicted molar refractivity (Wildman–Crippen MR) is 37.8 cm³/mol. The maximum Gasteiger partial charge on any atom is -0.00552 e. The van der Waals surface area contributed by atoms with Gasteiger partial charge in [0.15, 0.2) is 0 Å². The normalized spacial score (nSPS) is 42.9. The fraction of sp³-hybridized carbons (Fsp3) is 0.714. The molecule has 0 heterocycles. The lowest BCUT2D eigenvalue weighted by Gasteiger charge is -2.03. The molecule has 8 heavy (non-hydrogen) atoms. The van der Waals surface area contributed by atoms with Gasteiger partial charge in [-0.05, 0) is 35.6 Å². The van der Waals surface area contributed by atoms with Gasteiger partial charge in [-0.1, -0.05) is 22.0 Å². The van der Waals surface area contributed by atoms with Crippen LogP contribution in [-0.4, -0.2) is 0 Å². The Morgan fingerprint density at radius 3 is 2.62 bits per heavy atom.